The van der Waals surface area contributed by atoms with Crippen LogP contribution >= 0.6 is 15.9 Å². The molecule has 7 nitrogen and oxygen atoms in total. The average molecular weight is 573 g/mol. The SMILES string of the molecule is CC(C)(O)c1cnn2c(-c3cccc(-c4ccc(F)cc4C#N)c3)cnc2n1.N#Cc1cc(F)ccc1Br. The normalized spacial score (nSPS) is 10.8. The van der Waals surface area contributed by atoms with Crippen LogP contribution < -0.4 is 0 Å². The predicted molar refractivity (Wildman–Crippen MR) is 140 cm³/mol. The molecule has 3 aromatic carbocycles. The molecule has 0 atom stereocenters. The highest BCUT2D eigenvalue weighted by Gasteiger charge is 2.20. The van der Waals surface area contributed by atoms with Gasteiger partial charge in [0.2, 0.25) is 0 Å². The summed E-state index contributed by atoms with van der Waals surface area (Å²) in [6, 6.07) is 19.5. The first-order valence-electron chi connectivity index (χ1n) is 11.2. The second-order valence-electron chi connectivity index (χ2n) is 8.67. The van der Waals surface area contributed by atoms with Gasteiger partial charge in [0.05, 0.1) is 41.0 Å². The molecule has 5 rings (SSSR count). The summed E-state index contributed by atoms with van der Waals surface area (Å²) in [5.41, 5.74) is 2.87. The zero-order valence-electron chi connectivity index (χ0n) is 20.2. The summed E-state index contributed by atoms with van der Waals surface area (Å²) in [5.74, 6) is -0.463. The lowest BCUT2D eigenvalue weighted by molar-refractivity contribution is 0.0734. The molecular formula is C28H19BrF2N6O. The second-order valence-corrected chi connectivity index (χ2v) is 9.53. The minimum absolute atomic E-state index is 0.268. The van der Waals surface area contributed by atoms with E-state index in [4.69, 9.17) is 5.26 Å². The monoisotopic (exact) mass is 572 g/mol. The third kappa shape index (κ3) is 5.73. The number of imidazole rings is 1. The summed E-state index contributed by atoms with van der Waals surface area (Å²) >= 11 is 3.10. The van der Waals surface area contributed by atoms with Crippen LogP contribution in [0.15, 0.2) is 77.5 Å². The van der Waals surface area contributed by atoms with Crippen molar-refractivity contribution in [3.63, 3.8) is 0 Å². The molecule has 2 aromatic heterocycles. The summed E-state index contributed by atoms with van der Waals surface area (Å²) in [6.07, 6.45) is 3.16. The molecule has 5 aromatic rings. The van der Waals surface area contributed by atoms with Crippen molar-refractivity contribution in [1.82, 2.24) is 19.6 Å². The molecule has 0 spiro atoms. The standard InChI is InChI=1S/C21H16FN5O.C7H3BrFN/c1-21(2,28)19-12-25-27-18(11-24-20(27)26-19)14-5-3-4-13(8-14)17-7-6-16(22)9-15(17)10-23;8-7-2-1-6(9)3-5(7)4-10/h3-9,11-12,28H,1-2H3;1-3H. The van der Waals surface area contributed by atoms with E-state index in [1.165, 1.54) is 36.5 Å². The van der Waals surface area contributed by atoms with Crippen molar-refractivity contribution in [3.05, 3.63) is 106 Å². The molecule has 0 aliphatic rings. The maximum Gasteiger partial charge on any atom is 0.251 e. The number of nitrogens with zero attached hydrogens (tertiary/aromatic N) is 6. The number of hydrogen-bond acceptors (Lipinski definition) is 6. The van der Waals surface area contributed by atoms with Gasteiger partial charge in [0.1, 0.15) is 23.3 Å². The number of nitriles is 2. The fraction of sp³-hybridized carbons (Fsp3) is 0.107. The topological polar surface area (TPSA) is 111 Å². The third-order valence-electron chi connectivity index (χ3n) is 5.48. The number of aliphatic hydroxyl groups is 1. The maximum absolute atomic E-state index is 13.4. The average Bonchev–Trinajstić information content (AvgIpc) is 3.33. The minimum atomic E-state index is -1.11. The zero-order valence-corrected chi connectivity index (χ0v) is 21.8. The Morgan fingerprint density at radius 2 is 1.55 bits per heavy atom. The number of rotatable bonds is 3. The number of benzene rings is 3. The Hall–Kier alpha value is -4.51. The Kier molecular flexibility index (Phi) is 7.58. The second kappa shape index (κ2) is 10.9. The van der Waals surface area contributed by atoms with Gasteiger partial charge in [0, 0.05) is 10.0 Å². The van der Waals surface area contributed by atoms with E-state index in [1.54, 1.807) is 30.6 Å². The molecule has 2 heterocycles. The van der Waals surface area contributed by atoms with Crippen molar-refractivity contribution in [2.45, 2.75) is 19.4 Å². The van der Waals surface area contributed by atoms with Crippen LogP contribution in [0, 0.1) is 34.3 Å². The van der Waals surface area contributed by atoms with E-state index in [0.717, 1.165) is 11.1 Å². The highest BCUT2D eigenvalue weighted by molar-refractivity contribution is 9.10. The molecule has 1 N–H and O–H groups in total. The van der Waals surface area contributed by atoms with Crippen LogP contribution in [0.3, 0.4) is 0 Å². The summed E-state index contributed by atoms with van der Waals surface area (Å²) < 4.78 is 28.0. The highest BCUT2D eigenvalue weighted by Crippen LogP contribution is 2.29. The van der Waals surface area contributed by atoms with Gasteiger partial charge in [-0.25, -0.2) is 18.7 Å². The molecule has 0 aliphatic heterocycles. The number of halogens is 3. The summed E-state index contributed by atoms with van der Waals surface area (Å²) in [5, 5.41) is 32.2. The molecular weight excluding hydrogens is 554 g/mol. The largest absolute Gasteiger partial charge is 0.384 e. The molecule has 0 unspecified atom stereocenters. The molecule has 10 heteroatoms. The van der Waals surface area contributed by atoms with Gasteiger partial charge in [-0.2, -0.15) is 20.1 Å². The van der Waals surface area contributed by atoms with Crippen molar-refractivity contribution in [1.29, 1.82) is 10.5 Å². The van der Waals surface area contributed by atoms with E-state index >= 15 is 0 Å². The molecule has 0 saturated carbocycles. The number of fused-ring (bicyclic) bond motifs is 1. The van der Waals surface area contributed by atoms with Gasteiger partial charge >= 0.3 is 0 Å². The third-order valence-corrected chi connectivity index (χ3v) is 6.17. The highest BCUT2D eigenvalue weighted by atomic mass is 79.9. The van der Waals surface area contributed by atoms with Crippen LogP contribution in [-0.2, 0) is 5.60 Å². The van der Waals surface area contributed by atoms with Crippen molar-refractivity contribution < 1.29 is 13.9 Å². The van der Waals surface area contributed by atoms with Crippen LogP contribution in [-0.4, -0.2) is 24.7 Å². The fourth-order valence-corrected chi connectivity index (χ4v) is 3.89. The Labute approximate surface area is 225 Å². The van der Waals surface area contributed by atoms with Crippen molar-refractivity contribution in [2.75, 3.05) is 0 Å². The minimum Gasteiger partial charge on any atom is -0.384 e. The van der Waals surface area contributed by atoms with E-state index in [0.29, 0.717) is 32.8 Å². The maximum atomic E-state index is 13.4. The van der Waals surface area contributed by atoms with Crippen LogP contribution in [0.4, 0.5) is 8.78 Å². The van der Waals surface area contributed by atoms with Crippen molar-refractivity contribution in [2.24, 2.45) is 0 Å². The Balaban J connectivity index is 0.000000283. The Morgan fingerprint density at radius 1 is 0.895 bits per heavy atom. The van der Waals surface area contributed by atoms with Crippen LogP contribution in [0.1, 0.15) is 30.7 Å². The predicted octanol–water partition coefficient (Wildman–Crippen LogP) is 6.16. The van der Waals surface area contributed by atoms with Gasteiger partial charge in [0.25, 0.3) is 5.78 Å². The molecule has 188 valence electrons. The molecule has 38 heavy (non-hydrogen) atoms. The lowest BCUT2D eigenvalue weighted by Gasteiger charge is -2.15. The van der Waals surface area contributed by atoms with E-state index < -0.39 is 11.4 Å². The quantitative estimate of drug-likeness (QED) is 0.277. The fourth-order valence-electron chi connectivity index (χ4n) is 3.56. The van der Waals surface area contributed by atoms with Crippen LogP contribution in [0.25, 0.3) is 28.2 Å². The van der Waals surface area contributed by atoms with E-state index in [9.17, 15) is 19.1 Å². The smallest absolute Gasteiger partial charge is 0.251 e. The Bertz CT molecular complexity index is 1730. The molecule has 0 amide bonds. The molecule has 0 aliphatic carbocycles. The summed E-state index contributed by atoms with van der Waals surface area (Å²) in [6.45, 7) is 3.27. The van der Waals surface area contributed by atoms with Gasteiger partial charge in [-0.15, -0.1) is 0 Å². The summed E-state index contributed by atoms with van der Waals surface area (Å²) in [7, 11) is 0. The molecule has 0 radical (unpaired) electrons. The van der Waals surface area contributed by atoms with Gasteiger partial charge in [0.15, 0.2) is 0 Å². The number of hydrogen-bond donors (Lipinski definition) is 1. The van der Waals surface area contributed by atoms with Crippen LogP contribution in [0.5, 0.6) is 0 Å². The van der Waals surface area contributed by atoms with Crippen LogP contribution in [0.2, 0.25) is 0 Å². The molecule has 0 fully saturated rings. The van der Waals surface area contributed by atoms with Gasteiger partial charge in [-0.1, -0.05) is 24.3 Å². The zero-order chi connectivity index (χ0) is 27.4. The van der Waals surface area contributed by atoms with Crippen molar-refractivity contribution in [3.8, 4) is 34.5 Å². The first-order valence-corrected chi connectivity index (χ1v) is 12.0. The number of aromatic nitrogens is 4. The van der Waals surface area contributed by atoms with E-state index in [1.807, 2.05) is 36.4 Å². The lowest BCUT2D eigenvalue weighted by atomic mass is 9.98. The first kappa shape index (κ1) is 26.6. The molecule has 0 saturated heterocycles. The van der Waals surface area contributed by atoms with E-state index in [-0.39, 0.29) is 11.4 Å². The van der Waals surface area contributed by atoms with Gasteiger partial charge < -0.3 is 5.11 Å². The van der Waals surface area contributed by atoms with Gasteiger partial charge in [-0.05, 0) is 77.3 Å². The van der Waals surface area contributed by atoms with Crippen molar-refractivity contribution >= 4 is 21.7 Å². The molecule has 0 bridgehead atoms. The Morgan fingerprint density at radius 3 is 2.21 bits per heavy atom. The summed E-state index contributed by atoms with van der Waals surface area (Å²) in [4.78, 5) is 8.66. The van der Waals surface area contributed by atoms with Gasteiger partial charge in [-0.3, -0.25) is 0 Å². The lowest BCUT2D eigenvalue weighted by Crippen LogP contribution is -2.19. The van der Waals surface area contributed by atoms with E-state index in [2.05, 4.69) is 31.0 Å². The first-order chi connectivity index (χ1) is 18.1.